The van der Waals surface area contributed by atoms with Crippen LogP contribution in [0.15, 0.2) is 24.4 Å². The number of aliphatic hydroxyl groups is 1. The lowest BCUT2D eigenvalue weighted by atomic mass is 9.88. The third kappa shape index (κ3) is 2.94. The molecule has 1 atom stereocenters. The number of nitrogens with one attached hydrogen (secondary N) is 1. The molecule has 18 heavy (non-hydrogen) atoms. The highest BCUT2D eigenvalue weighted by Crippen LogP contribution is 2.29. The number of aliphatic hydroxyl groups excluding tert-OH is 1. The lowest BCUT2D eigenvalue weighted by Gasteiger charge is -2.20. The Morgan fingerprint density at radius 1 is 1.28 bits per heavy atom. The fourth-order valence-electron chi connectivity index (χ4n) is 2.22. The van der Waals surface area contributed by atoms with E-state index in [-0.39, 0.29) is 11.5 Å². The third-order valence-corrected chi connectivity index (χ3v) is 3.47. The van der Waals surface area contributed by atoms with Gasteiger partial charge in [0, 0.05) is 17.1 Å². The van der Waals surface area contributed by atoms with Gasteiger partial charge in [0.25, 0.3) is 0 Å². The monoisotopic (exact) mass is 245 g/mol. The van der Waals surface area contributed by atoms with E-state index in [4.69, 9.17) is 0 Å². The van der Waals surface area contributed by atoms with E-state index in [1.165, 1.54) is 10.9 Å². The summed E-state index contributed by atoms with van der Waals surface area (Å²) < 4.78 is 0. The lowest BCUT2D eigenvalue weighted by Crippen LogP contribution is -2.08. The number of hydrogen-bond donors (Lipinski definition) is 2. The van der Waals surface area contributed by atoms with Crippen LogP contribution in [-0.4, -0.2) is 10.1 Å². The predicted molar refractivity (Wildman–Crippen MR) is 76.7 cm³/mol. The SMILES string of the molecule is Cc1c[nH]c2ccc([C@@H](O)CCC(C)(C)C)cc12. The number of fused-ring (bicyclic) bond motifs is 1. The first-order valence-electron chi connectivity index (χ1n) is 6.62. The van der Waals surface area contributed by atoms with E-state index in [1.807, 2.05) is 12.3 Å². The minimum Gasteiger partial charge on any atom is -0.388 e. The summed E-state index contributed by atoms with van der Waals surface area (Å²) in [6, 6.07) is 6.18. The van der Waals surface area contributed by atoms with Crippen molar-refractivity contribution in [1.82, 2.24) is 4.98 Å². The van der Waals surface area contributed by atoms with Crippen molar-refractivity contribution in [1.29, 1.82) is 0 Å². The molecule has 0 spiro atoms. The Morgan fingerprint density at radius 3 is 2.67 bits per heavy atom. The van der Waals surface area contributed by atoms with Gasteiger partial charge in [0.15, 0.2) is 0 Å². The fraction of sp³-hybridized carbons (Fsp3) is 0.500. The zero-order valence-electron chi connectivity index (χ0n) is 11.7. The Hall–Kier alpha value is -1.28. The molecule has 2 N–H and O–H groups in total. The number of aryl methyl sites for hydroxylation is 1. The van der Waals surface area contributed by atoms with Crippen molar-refractivity contribution < 1.29 is 5.11 Å². The zero-order chi connectivity index (χ0) is 13.3. The number of aromatic nitrogens is 1. The van der Waals surface area contributed by atoms with Crippen LogP contribution < -0.4 is 0 Å². The molecule has 0 saturated heterocycles. The van der Waals surface area contributed by atoms with Gasteiger partial charge in [0.2, 0.25) is 0 Å². The molecule has 1 aromatic heterocycles. The fourth-order valence-corrected chi connectivity index (χ4v) is 2.22. The van der Waals surface area contributed by atoms with Gasteiger partial charge in [0.05, 0.1) is 6.10 Å². The van der Waals surface area contributed by atoms with Crippen LogP contribution in [0, 0.1) is 12.3 Å². The Balaban J connectivity index is 2.17. The molecule has 0 radical (unpaired) electrons. The van der Waals surface area contributed by atoms with Gasteiger partial charge in [-0.05, 0) is 48.4 Å². The van der Waals surface area contributed by atoms with Crippen LogP contribution in [0.1, 0.15) is 50.8 Å². The van der Waals surface area contributed by atoms with Crippen molar-refractivity contribution in [2.75, 3.05) is 0 Å². The van der Waals surface area contributed by atoms with E-state index in [9.17, 15) is 5.11 Å². The smallest absolute Gasteiger partial charge is 0.0790 e. The van der Waals surface area contributed by atoms with Crippen molar-refractivity contribution in [3.8, 4) is 0 Å². The van der Waals surface area contributed by atoms with E-state index in [1.54, 1.807) is 0 Å². The predicted octanol–water partition coefficient (Wildman–Crippen LogP) is 4.34. The Morgan fingerprint density at radius 2 is 2.00 bits per heavy atom. The van der Waals surface area contributed by atoms with Crippen LogP contribution in [-0.2, 0) is 0 Å². The van der Waals surface area contributed by atoms with E-state index in [0.29, 0.717) is 0 Å². The lowest BCUT2D eigenvalue weighted by molar-refractivity contribution is 0.147. The molecule has 0 amide bonds. The van der Waals surface area contributed by atoms with Crippen molar-refractivity contribution in [2.45, 2.75) is 46.6 Å². The molecule has 2 aromatic rings. The van der Waals surface area contributed by atoms with Crippen molar-refractivity contribution >= 4 is 10.9 Å². The van der Waals surface area contributed by atoms with Crippen LogP contribution in [0.5, 0.6) is 0 Å². The summed E-state index contributed by atoms with van der Waals surface area (Å²) in [5, 5.41) is 11.5. The molecule has 0 fully saturated rings. The highest BCUT2D eigenvalue weighted by Gasteiger charge is 2.15. The largest absolute Gasteiger partial charge is 0.388 e. The van der Waals surface area contributed by atoms with Crippen LogP contribution in [0.25, 0.3) is 10.9 Å². The maximum absolute atomic E-state index is 10.3. The number of benzene rings is 1. The minimum absolute atomic E-state index is 0.273. The van der Waals surface area contributed by atoms with Crippen LogP contribution in [0.4, 0.5) is 0 Å². The number of rotatable bonds is 3. The van der Waals surface area contributed by atoms with Gasteiger partial charge in [-0.1, -0.05) is 26.8 Å². The molecule has 0 unspecified atom stereocenters. The first-order chi connectivity index (χ1) is 8.37. The maximum Gasteiger partial charge on any atom is 0.0790 e. The van der Waals surface area contributed by atoms with Gasteiger partial charge in [-0.15, -0.1) is 0 Å². The molecule has 0 saturated carbocycles. The summed E-state index contributed by atoms with van der Waals surface area (Å²) in [5.41, 5.74) is 3.67. The van der Waals surface area contributed by atoms with Crippen molar-refractivity contribution in [2.24, 2.45) is 5.41 Å². The zero-order valence-corrected chi connectivity index (χ0v) is 11.7. The van der Waals surface area contributed by atoms with E-state index < -0.39 is 0 Å². The molecule has 98 valence electrons. The van der Waals surface area contributed by atoms with Crippen LogP contribution in [0.3, 0.4) is 0 Å². The van der Waals surface area contributed by atoms with Crippen LogP contribution >= 0.6 is 0 Å². The summed E-state index contributed by atoms with van der Waals surface area (Å²) >= 11 is 0. The standard InChI is InChI=1S/C16H23NO/c1-11-10-17-14-6-5-12(9-13(11)14)15(18)7-8-16(2,3)4/h5-6,9-10,15,17-18H,7-8H2,1-4H3/t15-/m0/s1. The molecule has 2 rings (SSSR count). The number of aromatic amines is 1. The molecule has 2 nitrogen and oxygen atoms in total. The normalized spacial score (nSPS) is 14.1. The van der Waals surface area contributed by atoms with Gasteiger partial charge in [-0.2, -0.15) is 0 Å². The quantitative estimate of drug-likeness (QED) is 0.829. The second-order valence-corrected chi connectivity index (χ2v) is 6.39. The molecular formula is C16H23NO. The summed E-state index contributed by atoms with van der Waals surface area (Å²) in [7, 11) is 0. The van der Waals surface area contributed by atoms with Crippen molar-refractivity contribution in [3.63, 3.8) is 0 Å². The van der Waals surface area contributed by atoms with E-state index >= 15 is 0 Å². The average Bonchev–Trinajstić information content (AvgIpc) is 2.67. The van der Waals surface area contributed by atoms with Gasteiger partial charge < -0.3 is 10.1 Å². The summed E-state index contributed by atoms with van der Waals surface area (Å²) in [5.74, 6) is 0. The summed E-state index contributed by atoms with van der Waals surface area (Å²) in [4.78, 5) is 3.23. The van der Waals surface area contributed by atoms with Gasteiger partial charge >= 0.3 is 0 Å². The third-order valence-electron chi connectivity index (χ3n) is 3.47. The Bertz CT molecular complexity index is 534. The highest BCUT2D eigenvalue weighted by atomic mass is 16.3. The van der Waals surface area contributed by atoms with Gasteiger partial charge in [0.1, 0.15) is 0 Å². The second-order valence-electron chi connectivity index (χ2n) is 6.39. The molecule has 2 heteroatoms. The molecule has 1 heterocycles. The molecular weight excluding hydrogens is 222 g/mol. The topological polar surface area (TPSA) is 36.0 Å². The average molecular weight is 245 g/mol. The van der Waals surface area contributed by atoms with Gasteiger partial charge in [-0.25, -0.2) is 0 Å². The Kier molecular flexibility index (Phi) is 3.49. The maximum atomic E-state index is 10.3. The Labute approximate surface area is 109 Å². The molecule has 0 aliphatic carbocycles. The molecule has 0 aliphatic heterocycles. The first-order valence-corrected chi connectivity index (χ1v) is 6.62. The van der Waals surface area contributed by atoms with E-state index in [0.717, 1.165) is 23.9 Å². The van der Waals surface area contributed by atoms with E-state index in [2.05, 4.69) is 44.8 Å². The summed E-state index contributed by atoms with van der Waals surface area (Å²) in [6.07, 6.45) is 3.50. The van der Waals surface area contributed by atoms with Crippen molar-refractivity contribution in [3.05, 3.63) is 35.5 Å². The van der Waals surface area contributed by atoms with Crippen LogP contribution in [0.2, 0.25) is 0 Å². The minimum atomic E-state index is -0.358. The number of hydrogen-bond acceptors (Lipinski definition) is 1. The molecule has 0 bridgehead atoms. The molecule has 0 aliphatic rings. The highest BCUT2D eigenvalue weighted by molar-refractivity contribution is 5.83. The first kappa shape index (κ1) is 13.2. The molecule has 1 aromatic carbocycles. The summed E-state index contributed by atoms with van der Waals surface area (Å²) in [6.45, 7) is 8.71. The van der Waals surface area contributed by atoms with Gasteiger partial charge in [-0.3, -0.25) is 0 Å². The second kappa shape index (κ2) is 4.77. The number of H-pyrrole nitrogens is 1.